The third-order valence-electron chi connectivity index (χ3n) is 1.57. The van der Waals surface area contributed by atoms with Gasteiger partial charge in [-0.05, 0) is 17.7 Å². The predicted octanol–water partition coefficient (Wildman–Crippen LogP) is 3.10. The van der Waals surface area contributed by atoms with Crippen molar-refractivity contribution >= 4 is 17.3 Å². The normalized spacial score (nSPS) is 10.5. The molecule has 0 aliphatic carbocycles. The lowest BCUT2D eigenvalue weighted by Gasteiger charge is -2.05. The summed E-state index contributed by atoms with van der Waals surface area (Å²) in [6.07, 6.45) is -2.33. The van der Waals surface area contributed by atoms with Gasteiger partial charge in [0, 0.05) is 11.6 Å². The quantitative estimate of drug-likeness (QED) is 0.745. The summed E-state index contributed by atoms with van der Waals surface area (Å²) in [6.45, 7) is -0.319. The molecule has 0 unspecified atom stereocenters. The largest absolute Gasteiger partial charge is 0.379 e. The fourth-order valence-electron chi connectivity index (χ4n) is 0.907. The Balaban J connectivity index is 2.49. The maximum absolute atomic E-state index is 11.8. The van der Waals surface area contributed by atoms with Crippen LogP contribution in [0.2, 0.25) is 0 Å². The molecule has 0 fully saturated rings. The molecule has 0 aliphatic rings. The number of nitrogens with one attached hydrogen (secondary N) is 1. The zero-order valence-corrected chi connectivity index (χ0v) is 7.69. The highest BCUT2D eigenvalue weighted by molar-refractivity contribution is 6.17. The van der Waals surface area contributed by atoms with Gasteiger partial charge in [-0.3, -0.25) is 0 Å². The molecule has 0 aromatic heterocycles. The number of rotatable bonds is 4. The monoisotopic (exact) mass is 205 g/mol. The fourth-order valence-corrected chi connectivity index (χ4v) is 1.08. The fraction of sp³-hybridized carbons (Fsp3) is 0.333. The molecule has 0 atom stereocenters. The van der Waals surface area contributed by atoms with E-state index in [1.54, 1.807) is 24.3 Å². The third kappa shape index (κ3) is 3.59. The van der Waals surface area contributed by atoms with E-state index in [2.05, 4.69) is 5.32 Å². The SMILES string of the molecule is FC(F)CNc1ccc(CCl)cc1. The average Bonchev–Trinajstić information content (AvgIpc) is 2.15. The second-order valence-corrected chi connectivity index (χ2v) is 2.87. The topological polar surface area (TPSA) is 12.0 Å². The molecule has 1 aromatic carbocycles. The third-order valence-corrected chi connectivity index (χ3v) is 1.88. The Labute approximate surface area is 80.7 Å². The van der Waals surface area contributed by atoms with Crippen LogP contribution in [0.15, 0.2) is 24.3 Å². The van der Waals surface area contributed by atoms with E-state index >= 15 is 0 Å². The summed E-state index contributed by atoms with van der Waals surface area (Å²) in [6, 6.07) is 7.09. The van der Waals surface area contributed by atoms with E-state index in [1.165, 1.54) is 0 Å². The Morgan fingerprint density at radius 1 is 1.23 bits per heavy atom. The molecule has 0 amide bonds. The van der Waals surface area contributed by atoms with Crippen molar-refractivity contribution in [3.8, 4) is 0 Å². The van der Waals surface area contributed by atoms with Crippen molar-refractivity contribution in [1.82, 2.24) is 0 Å². The van der Waals surface area contributed by atoms with Gasteiger partial charge in [-0.2, -0.15) is 0 Å². The van der Waals surface area contributed by atoms with E-state index in [0.717, 1.165) is 5.56 Å². The summed E-state index contributed by atoms with van der Waals surface area (Å²) in [7, 11) is 0. The van der Waals surface area contributed by atoms with Crippen molar-refractivity contribution in [3.63, 3.8) is 0 Å². The highest BCUT2D eigenvalue weighted by atomic mass is 35.5. The summed E-state index contributed by atoms with van der Waals surface area (Å²) < 4.78 is 23.6. The van der Waals surface area contributed by atoms with Gasteiger partial charge in [0.1, 0.15) is 0 Å². The average molecular weight is 206 g/mol. The maximum atomic E-state index is 11.8. The van der Waals surface area contributed by atoms with Crippen molar-refractivity contribution in [1.29, 1.82) is 0 Å². The van der Waals surface area contributed by atoms with Crippen LogP contribution in [0.5, 0.6) is 0 Å². The molecule has 0 saturated heterocycles. The molecule has 1 nitrogen and oxygen atoms in total. The van der Waals surface area contributed by atoms with Crippen molar-refractivity contribution in [2.45, 2.75) is 12.3 Å². The number of halogens is 3. The predicted molar refractivity (Wildman–Crippen MR) is 50.5 cm³/mol. The lowest BCUT2D eigenvalue weighted by Crippen LogP contribution is -2.09. The first-order valence-electron chi connectivity index (χ1n) is 3.89. The van der Waals surface area contributed by atoms with Gasteiger partial charge >= 0.3 is 0 Å². The Bertz CT molecular complexity index is 248. The first-order chi connectivity index (χ1) is 6.22. The Kier molecular flexibility index (Phi) is 3.96. The number of alkyl halides is 3. The van der Waals surface area contributed by atoms with Crippen LogP contribution < -0.4 is 5.32 Å². The Hall–Kier alpha value is -0.830. The molecule has 1 N–H and O–H groups in total. The summed E-state index contributed by atoms with van der Waals surface area (Å²) in [5.41, 5.74) is 1.67. The standard InChI is InChI=1S/C9H10ClF2N/c10-5-7-1-3-8(4-2-7)13-6-9(11)12/h1-4,9,13H,5-6H2. The van der Waals surface area contributed by atoms with Crippen LogP contribution in [0.1, 0.15) is 5.56 Å². The van der Waals surface area contributed by atoms with Crippen molar-refractivity contribution in [2.75, 3.05) is 11.9 Å². The molecule has 0 aliphatic heterocycles. The van der Waals surface area contributed by atoms with Crippen LogP contribution in [0.3, 0.4) is 0 Å². The van der Waals surface area contributed by atoms with Crippen molar-refractivity contribution < 1.29 is 8.78 Å². The van der Waals surface area contributed by atoms with E-state index in [0.29, 0.717) is 11.6 Å². The van der Waals surface area contributed by atoms with E-state index in [4.69, 9.17) is 11.6 Å². The summed E-state index contributed by atoms with van der Waals surface area (Å²) in [5, 5.41) is 2.60. The van der Waals surface area contributed by atoms with E-state index < -0.39 is 6.43 Å². The molecule has 1 rings (SSSR count). The Morgan fingerprint density at radius 2 is 1.85 bits per heavy atom. The molecule has 0 heterocycles. The molecule has 0 saturated carbocycles. The minimum Gasteiger partial charge on any atom is -0.379 e. The lowest BCUT2D eigenvalue weighted by atomic mass is 10.2. The smallest absolute Gasteiger partial charge is 0.255 e. The van der Waals surface area contributed by atoms with Gasteiger partial charge in [0.05, 0.1) is 6.54 Å². The van der Waals surface area contributed by atoms with Crippen LogP contribution in [-0.2, 0) is 5.88 Å². The molecule has 72 valence electrons. The van der Waals surface area contributed by atoms with Crippen LogP contribution in [0.4, 0.5) is 14.5 Å². The van der Waals surface area contributed by atoms with Crippen LogP contribution in [-0.4, -0.2) is 13.0 Å². The highest BCUT2D eigenvalue weighted by Gasteiger charge is 2.00. The maximum Gasteiger partial charge on any atom is 0.255 e. The summed E-state index contributed by atoms with van der Waals surface area (Å²) in [5.74, 6) is 0.440. The molecule has 0 radical (unpaired) electrons. The summed E-state index contributed by atoms with van der Waals surface area (Å²) in [4.78, 5) is 0. The number of hydrogen-bond donors (Lipinski definition) is 1. The molecule has 1 aromatic rings. The van der Waals surface area contributed by atoms with Gasteiger partial charge in [-0.15, -0.1) is 11.6 Å². The lowest BCUT2D eigenvalue weighted by molar-refractivity contribution is 0.163. The molecule has 0 bridgehead atoms. The molecule has 13 heavy (non-hydrogen) atoms. The number of hydrogen-bond acceptors (Lipinski definition) is 1. The van der Waals surface area contributed by atoms with Gasteiger partial charge in [-0.25, -0.2) is 8.78 Å². The molecule has 4 heteroatoms. The second-order valence-electron chi connectivity index (χ2n) is 2.60. The van der Waals surface area contributed by atoms with Gasteiger partial charge in [-0.1, -0.05) is 12.1 Å². The number of benzene rings is 1. The first kappa shape index (κ1) is 10.3. The molecule has 0 spiro atoms. The van der Waals surface area contributed by atoms with Crippen molar-refractivity contribution in [3.05, 3.63) is 29.8 Å². The highest BCUT2D eigenvalue weighted by Crippen LogP contribution is 2.11. The van der Waals surface area contributed by atoms with Gasteiger partial charge in [0.15, 0.2) is 0 Å². The molecular formula is C9H10ClF2N. The van der Waals surface area contributed by atoms with E-state index in [-0.39, 0.29) is 6.54 Å². The van der Waals surface area contributed by atoms with Crippen LogP contribution >= 0.6 is 11.6 Å². The van der Waals surface area contributed by atoms with E-state index in [9.17, 15) is 8.78 Å². The second kappa shape index (κ2) is 5.02. The van der Waals surface area contributed by atoms with Gasteiger partial charge < -0.3 is 5.32 Å². The van der Waals surface area contributed by atoms with Gasteiger partial charge in [0.25, 0.3) is 6.43 Å². The minimum absolute atomic E-state index is 0.319. The minimum atomic E-state index is -2.33. The zero-order valence-electron chi connectivity index (χ0n) is 6.93. The summed E-state index contributed by atoms with van der Waals surface area (Å²) >= 11 is 5.57. The van der Waals surface area contributed by atoms with Crippen molar-refractivity contribution in [2.24, 2.45) is 0 Å². The van der Waals surface area contributed by atoms with Crippen LogP contribution in [0, 0.1) is 0 Å². The van der Waals surface area contributed by atoms with Crippen LogP contribution in [0.25, 0.3) is 0 Å². The van der Waals surface area contributed by atoms with E-state index in [1.807, 2.05) is 0 Å². The van der Waals surface area contributed by atoms with Gasteiger partial charge in [0.2, 0.25) is 0 Å². The Morgan fingerprint density at radius 3 is 2.31 bits per heavy atom. The first-order valence-corrected chi connectivity index (χ1v) is 4.42. The zero-order chi connectivity index (χ0) is 9.68. The molecular weight excluding hydrogens is 196 g/mol. The number of anilines is 1.